The number of likely N-dealkylation sites (N-methyl/N-ethyl adjacent to an activating group) is 1. The molecule has 0 bridgehead atoms. The molecule has 0 aliphatic heterocycles. The van der Waals surface area contributed by atoms with Gasteiger partial charge in [0.05, 0.1) is 23.8 Å². The van der Waals surface area contributed by atoms with Gasteiger partial charge in [-0.05, 0) is 66.4 Å². The maximum Gasteiger partial charge on any atom is 0.251 e. The zero-order valence-electron chi connectivity index (χ0n) is 25.1. The summed E-state index contributed by atoms with van der Waals surface area (Å²) in [5.74, 6) is -0.425. The third-order valence-electron chi connectivity index (χ3n) is 7.11. The lowest BCUT2D eigenvalue weighted by Gasteiger charge is -2.21. The van der Waals surface area contributed by atoms with E-state index in [1.165, 1.54) is 11.0 Å². The molecular formula is C35H30Cl2N4O4S. The largest absolute Gasteiger partial charge is 0.487 e. The van der Waals surface area contributed by atoms with Crippen molar-refractivity contribution in [3.05, 3.63) is 128 Å². The number of halogens is 2. The number of para-hydroxylation sites is 1. The molecule has 2 N–H and O–H groups in total. The van der Waals surface area contributed by atoms with Crippen molar-refractivity contribution in [3.63, 3.8) is 0 Å². The van der Waals surface area contributed by atoms with Crippen molar-refractivity contribution in [2.24, 2.45) is 0 Å². The quantitative estimate of drug-likeness (QED) is 0.144. The predicted octanol–water partition coefficient (Wildman–Crippen LogP) is 7.21. The third kappa shape index (κ3) is 8.11. The van der Waals surface area contributed by atoms with E-state index < -0.39 is 5.91 Å². The van der Waals surface area contributed by atoms with Gasteiger partial charge in [0, 0.05) is 45.2 Å². The maximum absolute atomic E-state index is 13.0. The molecule has 0 spiro atoms. The number of rotatable bonds is 11. The highest BCUT2D eigenvalue weighted by atomic mass is 35.5. The minimum absolute atomic E-state index is 0.0601. The van der Waals surface area contributed by atoms with Crippen LogP contribution < -0.4 is 20.3 Å². The van der Waals surface area contributed by atoms with Crippen molar-refractivity contribution in [2.45, 2.75) is 20.1 Å². The first-order chi connectivity index (χ1) is 22.2. The first-order valence-electron chi connectivity index (χ1n) is 14.3. The van der Waals surface area contributed by atoms with Gasteiger partial charge in [0.25, 0.3) is 5.91 Å². The van der Waals surface area contributed by atoms with Gasteiger partial charge in [0.15, 0.2) is 0 Å². The standard InChI is InChI=1S/C35H30Cl2N4O4S/c1-22-8-12-24-5-3-7-30(34(24)40-22)45-21-27-28(36)15-16-29(33(27)37)41(2)32(43)20-38-31(42)17-11-23-9-13-25(14-10-23)35(44)39-19-26-6-4-18-46-26/h3-18H,19-21H2,1-2H3,(H,38,42)(H,39,44)/b17-11+. The Bertz CT molecular complexity index is 1910. The summed E-state index contributed by atoms with van der Waals surface area (Å²) in [6.45, 7) is 2.18. The summed E-state index contributed by atoms with van der Waals surface area (Å²) >= 11 is 14.8. The third-order valence-corrected chi connectivity index (χ3v) is 8.76. The Morgan fingerprint density at radius 3 is 2.52 bits per heavy atom. The van der Waals surface area contributed by atoms with Crippen LogP contribution in [0.15, 0.2) is 90.3 Å². The van der Waals surface area contributed by atoms with Crippen LogP contribution in [0.2, 0.25) is 10.0 Å². The molecule has 11 heteroatoms. The smallest absolute Gasteiger partial charge is 0.251 e. The van der Waals surface area contributed by atoms with Gasteiger partial charge < -0.3 is 20.3 Å². The van der Waals surface area contributed by atoms with Crippen LogP contribution in [0, 0.1) is 6.92 Å². The van der Waals surface area contributed by atoms with Crippen LogP contribution in [0.1, 0.15) is 32.1 Å². The van der Waals surface area contributed by atoms with Crippen molar-refractivity contribution in [1.29, 1.82) is 0 Å². The van der Waals surface area contributed by atoms with E-state index in [0.717, 1.165) is 27.0 Å². The number of nitrogens with one attached hydrogen (secondary N) is 2. The van der Waals surface area contributed by atoms with Crippen LogP contribution >= 0.6 is 34.5 Å². The van der Waals surface area contributed by atoms with Gasteiger partial charge in [0.1, 0.15) is 17.9 Å². The molecule has 5 aromatic rings. The van der Waals surface area contributed by atoms with Gasteiger partial charge in [-0.1, -0.05) is 59.6 Å². The van der Waals surface area contributed by atoms with E-state index in [0.29, 0.717) is 34.1 Å². The molecule has 0 radical (unpaired) electrons. The number of aryl methyl sites for hydroxylation is 1. The number of carbonyl (C=O) groups excluding carboxylic acids is 3. The first-order valence-corrected chi connectivity index (χ1v) is 15.9. The molecule has 0 fully saturated rings. The number of pyridine rings is 1. The number of fused-ring (bicyclic) bond motifs is 1. The Hall–Kier alpha value is -4.70. The number of amides is 3. The Morgan fingerprint density at radius 1 is 0.957 bits per heavy atom. The fourth-order valence-electron chi connectivity index (χ4n) is 4.54. The van der Waals surface area contributed by atoms with Crippen LogP contribution in [0.25, 0.3) is 17.0 Å². The number of ether oxygens (including phenoxy) is 1. The first kappa shape index (κ1) is 32.7. The number of benzene rings is 3. The molecule has 2 heterocycles. The lowest BCUT2D eigenvalue weighted by molar-refractivity contribution is -0.122. The van der Waals surface area contributed by atoms with E-state index in [9.17, 15) is 14.4 Å². The molecule has 3 aromatic carbocycles. The molecule has 0 atom stereocenters. The highest BCUT2D eigenvalue weighted by molar-refractivity contribution is 7.09. The second-order valence-corrected chi connectivity index (χ2v) is 12.1. The molecule has 46 heavy (non-hydrogen) atoms. The van der Waals surface area contributed by atoms with Gasteiger partial charge in [0.2, 0.25) is 11.8 Å². The monoisotopic (exact) mass is 672 g/mol. The Labute approximate surface area is 280 Å². The molecule has 0 aliphatic rings. The minimum atomic E-state index is -0.449. The van der Waals surface area contributed by atoms with Gasteiger partial charge in [-0.25, -0.2) is 4.98 Å². The molecule has 8 nitrogen and oxygen atoms in total. The molecular weight excluding hydrogens is 643 g/mol. The van der Waals surface area contributed by atoms with Crippen molar-refractivity contribution in [3.8, 4) is 5.75 Å². The van der Waals surface area contributed by atoms with E-state index >= 15 is 0 Å². The van der Waals surface area contributed by atoms with Crippen molar-refractivity contribution in [2.75, 3.05) is 18.5 Å². The zero-order valence-corrected chi connectivity index (χ0v) is 27.4. The summed E-state index contributed by atoms with van der Waals surface area (Å²) in [6, 6.07) is 23.6. The number of anilines is 1. The van der Waals surface area contributed by atoms with Gasteiger partial charge in [-0.3, -0.25) is 14.4 Å². The highest BCUT2D eigenvalue weighted by Gasteiger charge is 2.19. The number of aromatic nitrogens is 1. The molecule has 2 aromatic heterocycles. The second kappa shape index (κ2) is 15.1. The number of carbonyl (C=O) groups is 3. The summed E-state index contributed by atoms with van der Waals surface area (Å²) < 4.78 is 6.08. The Balaban J connectivity index is 1.15. The van der Waals surface area contributed by atoms with E-state index in [1.54, 1.807) is 60.9 Å². The van der Waals surface area contributed by atoms with Crippen molar-refractivity contribution >= 4 is 74.9 Å². The normalized spacial score (nSPS) is 11.0. The number of hydrogen-bond donors (Lipinski definition) is 2. The van der Waals surface area contributed by atoms with Crippen LogP contribution in [0.3, 0.4) is 0 Å². The maximum atomic E-state index is 13.0. The van der Waals surface area contributed by atoms with Crippen LogP contribution in [0.5, 0.6) is 5.75 Å². The average molecular weight is 674 g/mol. The topological polar surface area (TPSA) is 101 Å². The van der Waals surface area contributed by atoms with E-state index in [1.807, 2.05) is 54.8 Å². The van der Waals surface area contributed by atoms with E-state index in [2.05, 4.69) is 15.6 Å². The highest BCUT2D eigenvalue weighted by Crippen LogP contribution is 2.35. The zero-order chi connectivity index (χ0) is 32.6. The lowest BCUT2D eigenvalue weighted by Crippen LogP contribution is -2.37. The molecule has 0 saturated heterocycles. The predicted molar refractivity (Wildman–Crippen MR) is 185 cm³/mol. The van der Waals surface area contributed by atoms with E-state index in [-0.39, 0.29) is 30.0 Å². The lowest BCUT2D eigenvalue weighted by atomic mass is 10.1. The fraction of sp³-hybridized carbons (Fsp3) is 0.143. The molecule has 5 rings (SSSR count). The summed E-state index contributed by atoms with van der Waals surface area (Å²) in [4.78, 5) is 44.8. The molecule has 0 unspecified atom stereocenters. The summed E-state index contributed by atoms with van der Waals surface area (Å²) in [7, 11) is 1.57. The summed E-state index contributed by atoms with van der Waals surface area (Å²) in [5, 5.41) is 9.04. The minimum Gasteiger partial charge on any atom is -0.487 e. The number of thiophene rings is 1. The Kier molecular flexibility index (Phi) is 10.7. The second-order valence-electron chi connectivity index (χ2n) is 10.3. The molecule has 0 saturated carbocycles. The summed E-state index contributed by atoms with van der Waals surface area (Å²) in [5.41, 5.74) is 3.78. The van der Waals surface area contributed by atoms with Crippen molar-refractivity contribution < 1.29 is 19.1 Å². The average Bonchev–Trinajstić information content (AvgIpc) is 3.59. The molecule has 3 amide bonds. The van der Waals surface area contributed by atoms with Gasteiger partial charge >= 0.3 is 0 Å². The van der Waals surface area contributed by atoms with E-state index in [4.69, 9.17) is 27.9 Å². The summed E-state index contributed by atoms with van der Waals surface area (Å²) in [6.07, 6.45) is 2.93. The SMILES string of the molecule is Cc1ccc2cccc(OCc3c(Cl)ccc(N(C)C(=O)CNC(=O)/C=C/c4ccc(C(=O)NCc5cccs5)cc4)c3Cl)c2n1. The number of nitrogens with zero attached hydrogens (tertiary/aromatic N) is 2. The van der Waals surface area contributed by atoms with Crippen LogP contribution in [0.4, 0.5) is 5.69 Å². The Morgan fingerprint density at radius 2 is 1.76 bits per heavy atom. The molecule has 0 aliphatic carbocycles. The van der Waals surface area contributed by atoms with Gasteiger partial charge in [-0.2, -0.15) is 0 Å². The fourth-order valence-corrected chi connectivity index (χ4v) is 5.79. The van der Waals surface area contributed by atoms with Gasteiger partial charge in [-0.15, -0.1) is 11.3 Å². The van der Waals surface area contributed by atoms with Crippen LogP contribution in [-0.4, -0.2) is 36.3 Å². The van der Waals surface area contributed by atoms with Crippen LogP contribution in [-0.2, 0) is 22.7 Å². The van der Waals surface area contributed by atoms with Crippen molar-refractivity contribution in [1.82, 2.24) is 15.6 Å². The molecule has 234 valence electrons. The number of hydrogen-bond acceptors (Lipinski definition) is 6.